The molecular weight excluding hydrogens is 436 g/mol. The molecule has 0 fully saturated rings. The molecule has 10 nitrogen and oxygen atoms in total. The van der Waals surface area contributed by atoms with Crippen LogP contribution < -0.4 is 19.9 Å². The van der Waals surface area contributed by atoms with Crippen molar-refractivity contribution in [3.63, 3.8) is 0 Å². The largest absolute Gasteiger partial charge is 0.551 e. The lowest BCUT2D eigenvalue weighted by Crippen LogP contribution is -2.21. The number of thiazole rings is 1. The number of aliphatic imine (C=N–C) groups is 1. The van der Waals surface area contributed by atoms with Gasteiger partial charge in [-0.25, -0.2) is 9.97 Å². The van der Waals surface area contributed by atoms with Crippen molar-refractivity contribution in [3.8, 4) is 11.4 Å². The molecule has 0 saturated carbocycles. The van der Waals surface area contributed by atoms with Gasteiger partial charge in [0.25, 0.3) is 0 Å². The minimum absolute atomic E-state index is 0.0108. The van der Waals surface area contributed by atoms with Gasteiger partial charge < -0.3 is 24.8 Å². The third-order valence-electron chi connectivity index (χ3n) is 1.70. The fraction of sp³-hybridized carbons (Fsp3) is 0.125. The Kier molecular flexibility index (Phi) is 11.0. The smallest absolute Gasteiger partial charge is 0.417 e. The van der Waals surface area contributed by atoms with Gasteiger partial charge in [-0.1, -0.05) is 0 Å². The van der Waals surface area contributed by atoms with Crippen LogP contribution in [0.25, 0.3) is 11.4 Å². The third kappa shape index (κ3) is 8.71. The quantitative estimate of drug-likeness (QED) is 0.241. The van der Waals surface area contributed by atoms with Crippen LogP contribution in [0.4, 0.5) is 5.13 Å². The number of aryl methyl sites for hydroxylation is 1. The van der Waals surface area contributed by atoms with Crippen LogP contribution in [0.1, 0.15) is 5.82 Å². The summed E-state index contributed by atoms with van der Waals surface area (Å²) in [4.78, 5) is 15.3. The zero-order chi connectivity index (χ0) is 16.3. The average Bonchev–Trinajstić information content (AvgIpc) is 2.99. The zero-order valence-electron chi connectivity index (χ0n) is 10.5. The molecule has 0 aliphatic heterocycles. The van der Waals surface area contributed by atoms with E-state index in [1.54, 1.807) is 6.20 Å². The van der Waals surface area contributed by atoms with E-state index in [0.717, 1.165) is 17.2 Å². The van der Waals surface area contributed by atoms with Crippen LogP contribution in [-0.2, 0) is 0 Å². The lowest BCUT2D eigenvalue weighted by molar-refractivity contribution is -1.27. The summed E-state index contributed by atoms with van der Waals surface area (Å²) < 4.78 is 31.1. The second-order valence-corrected chi connectivity index (χ2v) is 4.49. The summed E-state index contributed by atoms with van der Waals surface area (Å²) in [6.07, 6.45) is 1.73. The second-order valence-electron chi connectivity index (χ2n) is 3.07. The first kappa shape index (κ1) is 19.9. The number of aromatic amines is 1. The maximum atomic E-state index is 8.52. The number of imidazole rings is 1. The SMILES string of the molecule is Cc1ncc(-c2csc(N=C(N)N)n2)[nH]1.[O-][Br+]O.[O-][Br+]O. The standard InChI is InChI=1S/C8H10N6S.2BrHO2/c1-4-11-2-5(12-4)6-3-15-8(13-6)14-7(9)10;2*2-1-3/h2-3H,1H3,(H,11,12)(H4,9,10,13,14);2*2H. The normalized spacial score (nSPS) is 9.00. The number of hydrogen-bond acceptors (Lipinski definition) is 8. The molecule has 0 amide bonds. The molecule has 2 heterocycles. The summed E-state index contributed by atoms with van der Waals surface area (Å²) in [6.45, 7) is 1.88. The van der Waals surface area contributed by atoms with Gasteiger partial charge in [-0.05, 0) is 6.92 Å². The number of rotatable bonds is 2. The highest BCUT2D eigenvalue weighted by Gasteiger charge is 2.05. The van der Waals surface area contributed by atoms with Crippen LogP contribution in [0.15, 0.2) is 16.6 Å². The molecule has 2 aromatic heterocycles. The molecule has 0 bridgehead atoms. The first-order chi connectivity index (χ1) is 9.98. The van der Waals surface area contributed by atoms with Crippen molar-refractivity contribution in [2.75, 3.05) is 0 Å². The number of aromatic nitrogens is 3. The average molecular weight is 448 g/mol. The van der Waals surface area contributed by atoms with Gasteiger partial charge in [-0.2, -0.15) is 13.4 Å². The van der Waals surface area contributed by atoms with E-state index in [1.165, 1.54) is 11.3 Å². The molecule has 0 aliphatic carbocycles. The Labute approximate surface area is 137 Å². The van der Waals surface area contributed by atoms with Crippen molar-refractivity contribution in [1.29, 1.82) is 0 Å². The van der Waals surface area contributed by atoms with Gasteiger partial charge in [0.1, 0.15) is 11.5 Å². The molecule has 0 saturated heterocycles. The summed E-state index contributed by atoms with van der Waals surface area (Å²) in [7, 11) is 0. The minimum atomic E-state index is -1.19. The predicted molar refractivity (Wildman–Crippen MR) is 64.3 cm³/mol. The Morgan fingerprint density at radius 2 is 1.95 bits per heavy atom. The summed E-state index contributed by atoms with van der Waals surface area (Å²) in [5.74, 6) is 0.859. The zero-order valence-corrected chi connectivity index (χ0v) is 14.5. The Hall–Kier alpha value is -1.09. The van der Waals surface area contributed by atoms with E-state index in [0.29, 0.717) is 5.13 Å². The number of guanidine groups is 1. The maximum absolute atomic E-state index is 8.52. The van der Waals surface area contributed by atoms with E-state index in [1.807, 2.05) is 12.3 Å². The Balaban J connectivity index is 0.000000578. The second kappa shape index (κ2) is 11.6. The van der Waals surface area contributed by atoms with Crippen molar-refractivity contribution < 1.29 is 47.9 Å². The molecule has 0 unspecified atom stereocenters. The molecular formula is C8H12Br2N6O4S. The molecule has 0 radical (unpaired) electrons. The first-order valence-corrected chi connectivity index (χ1v) is 8.46. The number of nitrogens with zero attached hydrogens (tertiary/aromatic N) is 3. The van der Waals surface area contributed by atoms with Crippen LogP contribution in [-0.4, -0.2) is 29.3 Å². The molecule has 13 heteroatoms. The summed E-state index contributed by atoms with van der Waals surface area (Å²) in [6, 6.07) is 0. The number of nitrogens with one attached hydrogen (secondary N) is 1. The van der Waals surface area contributed by atoms with E-state index in [9.17, 15) is 0 Å². The summed E-state index contributed by atoms with van der Waals surface area (Å²) in [5, 5.41) is 2.41. The third-order valence-corrected chi connectivity index (χ3v) is 2.43. The molecule has 118 valence electrons. The Bertz CT molecular complexity index is 542. The van der Waals surface area contributed by atoms with E-state index in [4.69, 9.17) is 28.3 Å². The fourth-order valence-corrected chi connectivity index (χ4v) is 1.81. The van der Waals surface area contributed by atoms with Crippen LogP contribution in [0, 0.1) is 38.0 Å². The van der Waals surface area contributed by atoms with E-state index >= 15 is 0 Å². The lowest BCUT2D eigenvalue weighted by Gasteiger charge is -1.88. The van der Waals surface area contributed by atoms with Gasteiger partial charge >= 0.3 is 31.1 Å². The van der Waals surface area contributed by atoms with Crippen LogP contribution >= 0.6 is 11.3 Å². The fourth-order valence-electron chi connectivity index (χ4n) is 1.10. The van der Waals surface area contributed by atoms with Gasteiger partial charge in [0.05, 0.1) is 11.9 Å². The van der Waals surface area contributed by atoms with Crippen molar-refractivity contribution >= 4 is 22.4 Å². The van der Waals surface area contributed by atoms with Crippen LogP contribution in [0.5, 0.6) is 0 Å². The maximum Gasteiger partial charge on any atom is 0.417 e. The van der Waals surface area contributed by atoms with Crippen LogP contribution in [0.2, 0.25) is 0 Å². The topological polar surface area (TPSA) is 193 Å². The highest BCUT2D eigenvalue weighted by atomic mass is 79.9. The number of halogens is 2. The van der Waals surface area contributed by atoms with E-state index in [-0.39, 0.29) is 5.96 Å². The molecule has 21 heavy (non-hydrogen) atoms. The highest BCUT2D eigenvalue weighted by Crippen LogP contribution is 2.25. The molecule has 0 spiro atoms. The monoisotopic (exact) mass is 446 g/mol. The van der Waals surface area contributed by atoms with Gasteiger partial charge in [0.15, 0.2) is 5.96 Å². The number of nitrogens with two attached hydrogens (primary N) is 2. The Morgan fingerprint density at radius 1 is 1.38 bits per heavy atom. The van der Waals surface area contributed by atoms with Gasteiger partial charge in [-0.3, -0.25) is 0 Å². The molecule has 2 rings (SSSR count). The molecule has 0 aliphatic rings. The molecule has 0 atom stereocenters. The first-order valence-electron chi connectivity index (χ1n) is 4.87. The van der Waals surface area contributed by atoms with E-state index in [2.05, 4.69) is 19.9 Å². The van der Waals surface area contributed by atoms with Gasteiger partial charge in [0.2, 0.25) is 5.13 Å². The van der Waals surface area contributed by atoms with Crippen LogP contribution in [0.3, 0.4) is 0 Å². The molecule has 7 N–H and O–H groups in total. The van der Waals surface area contributed by atoms with Crippen molar-refractivity contribution in [1.82, 2.24) is 15.0 Å². The van der Waals surface area contributed by atoms with Crippen molar-refractivity contribution in [3.05, 3.63) is 17.4 Å². The Morgan fingerprint density at radius 3 is 2.38 bits per heavy atom. The van der Waals surface area contributed by atoms with Crippen molar-refractivity contribution in [2.45, 2.75) is 6.92 Å². The highest BCUT2D eigenvalue weighted by molar-refractivity contribution is 7.13. The van der Waals surface area contributed by atoms with Crippen molar-refractivity contribution in [2.24, 2.45) is 16.5 Å². The minimum Gasteiger partial charge on any atom is -0.551 e. The van der Waals surface area contributed by atoms with Gasteiger partial charge in [-0.15, -0.1) is 11.3 Å². The number of H-pyrrole nitrogens is 1. The predicted octanol–water partition coefficient (Wildman–Crippen LogP) is -2.75. The summed E-state index contributed by atoms with van der Waals surface area (Å²) in [5.41, 5.74) is 12.2. The lowest BCUT2D eigenvalue weighted by atomic mass is 10.4. The van der Waals surface area contributed by atoms with E-state index < -0.39 is 31.1 Å². The number of hydrogen-bond donors (Lipinski definition) is 5. The van der Waals surface area contributed by atoms with Gasteiger partial charge in [0, 0.05) is 5.38 Å². The molecule has 2 aromatic rings. The summed E-state index contributed by atoms with van der Waals surface area (Å²) >= 11 is -0.999. The molecule has 0 aromatic carbocycles.